The van der Waals surface area contributed by atoms with Crippen LogP contribution in [0.15, 0.2) is 24.3 Å². The van der Waals surface area contributed by atoms with Crippen LogP contribution in [0.1, 0.15) is 50.5 Å². The van der Waals surface area contributed by atoms with Crippen LogP contribution >= 0.6 is 0 Å². The molecule has 2 rings (SSSR count). The van der Waals surface area contributed by atoms with Crippen LogP contribution in [-0.4, -0.2) is 19.7 Å². The molecular weight excluding hydrogens is 252 g/mol. The zero-order chi connectivity index (χ0) is 14.4. The molecule has 0 aromatic heterocycles. The SMILES string of the molecule is CCOC(=O)C[C@@H]1CCCC[C@@H]1c1ccccc1OC. The lowest BCUT2D eigenvalue weighted by Crippen LogP contribution is -2.22. The quantitative estimate of drug-likeness (QED) is 0.765. The highest BCUT2D eigenvalue weighted by molar-refractivity contribution is 5.69. The maximum Gasteiger partial charge on any atom is 0.306 e. The molecule has 110 valence electrons. The van der Waals surface area contributed by atoms with E-state index in [0.717, 1.165) is 18.6 Å². The topological polar surface area (TPSA) is 35.5 Å². The molecule has 1 aromatic carbocycles. The van der Waals surface area contributed by atoms with Gasteiger partial charge < -0.3 is 9.47 Å². The van der Waals surface area contributed by atoms with Crippen LogP contribution < -0.4 is 4.74 Å². The summed E-state index contributed by atoms with van der Waals surface area (Å²) < 4.78 is 10.6. The van der Waals surface area contributed by atoms with Gasteiger partial charge in [-0.2, -0.15) is 0 Å². The summed E-state index contributed by atoms with van der Waals surface area (Å²) >= 11 is 0. The summed E-state index contributed by atoms with van der Waals surface area (Å²) in [6.45, 7) is 2.32. The summed E-state index contributed by atoms with van der Waals surface area (Å²) in [7, 11) is 1.71. The maximum absolute atomic E-state index is 11.8. The fourth-order valence-electron chi connectivity index (χ4n) is 3.27. The second-order valence-corrected chi connectivity index (χ2v) is 5.40. The minimum atomic E-state index is -0.0701. The minimum absolute atomic E-state index is 0.0701. The summed E-state index contributed by atoms with van der Waals surface area (Å²) in [4.78, 5) is 11.8. The highest BCUT2D eigenvalue weighted by Gasteiger charge is 2.30. The van der Waals surface area contributed by atoms with Crippen LogP contribution in [0.25, 0.3) is 0 Å². The summed E-state index contributed by atoms with van der Waals surface area (Å²) in [5.41, 5.74) is 1.24. The third-order valence-corrected chi connectivity index (χ3v) is 4.18. The molecule has 1 aliphatic carbocycles. The Morgan fingerprint density at radius 2 is 2.00 bits per heavy atom. The van der Waals surface area contributed by atoms with Crippen molar-refractivity contribution in [3.05, 3.63) is 29.8 Å². The molecule has 0 N–H and O–H groups in total. The molecule has 0 amide bonds. The molecule has 0 saturated heterocycles. The number of rotatable bonds is 5. The van der Waals surface area contributed by atoms with Crippen LogP contribution in [0.4, 0.5) is 0 Å². The molecule has 0 unspecified atom stereocenters. The Kier molecular flexibility index (Phi) is 5.45. The molecule has 0 heterocycles. The van der Waals surface area contributed by atoms with Gasteiger partial charge in [-0.1, -0.05) is 31.0 Å². The van der Waals surface area contributed by atoms with Crippen molar-refractivity contribution < 1.29 is 14.3 Å². The van der Waals surface area contributed by atoms with Gasteiger partial charge in [0.25, 0.3) is 0 Å². The first kappa shape index (κ1) is 14.9. The van der Waals surface area contributed by atoms with E-state index in [-0.39, 0.29) is 5.97 Å². The Morgan fingerprint density at radius 1 is 1.25 bits per heavy atom. The lowest BCUT2D eigenvalue weighted by Gasteiger charge is -2.32. The van der Waals surface area contributed by atoms with Gasteiger partial charge in [-0.15, -0.1) is 0 Å². The van der Waals surface area contributed by atoms with E-state index in [1.54, 1.807) is 7.11 Å². The second-order valence-electron chi connectivity index (χ2n) is 5.40. The van der Waals surface area contributed by atoms with Gasteiger partial charge in [0.1, 0.15) is 5.75 Å². The third kappa shape index (κ3) is 3.53. The smallest absolute Gasteiger partial charge is 0.306 e. The number of hydrogen-bond donors (Lipinski definition) is 0. The van der Waals surface area contributed by atoms with Crippen molar-refractivity contribution in [2.45, 2.75) is 44.9 Å². The van der Waals surface area contributed by atoms with E-state index in [1.165, 1.54) is 18.4 Å². The summed E-state index contributed by atoms with van der Waals surface area (Å²) in [6.07, 6.45) is 5.18. The normalized spacial score (nSPS) is 22.3. The van der Waals surface area contributed by atoms with Crippen LogP contribution in [0.3, 0.4) is 0 Å². The third-order valence-electron chi connectivity index (χ3n) is 4.18. The Morgan fingerprint density at radius 3 is 2.75 bits per heavy atom. The number of methoxy groups -OCH3 is 1. The number of carbonyl (C=O) groups is 1. The second kappa shape index (κ2) is 7.32. The Hall–Kier alpha value is -1.51. The first-order chi connectivity index (χ1) is 9.76. The maximum atomic E-state index is 11.8. The van der Waals surface area contributed by atoms with Crippen molar-refractivity contribution in [1.82, 2.24) is 0 Å². The molecule has 20 heavy (non-hydrogen) atoms. The van der Waals surface area contributed by atoms with Gasteiger partial charge in [0.15, 0.2) is 0 Å². The van der Waals surface area contributed by atoms with E-state index in [1.807, 2.05) is 25.1 Å². The highest BCUT2D eigenvalue weighted by atomic mass is 16.5. The van der Waals surface area contributed by atoms with Gasteiger partial charge >= 0.3 is 5.97 Å². The molecule has 1 fully saturated rings. The van der Waals surface area contributed by atoms with Crippen molar-refractivity contribution in [3.8, 4) is 5.75 Å². The predicted octanol–water partition coefficient (Wildman–Crippen LogP) is 3.92. The largest absolute Gasteiger partial charge is 0.496 e. The van der Waals surface area contributed by atoms with Gasteiger partial charge in [0.05, 0.1) is 13.7 Å². The predicted molar refractivity (Wildman–Crippen MR) is 78.9 cm³/mol. The zero-order valence-corrected chi connectivity index (χ0v) is 12.4. The number of ether oxygens (including phenoxy) is 2. The van der Waals surface area contributed by atoms with Crippen molar-refractivity contribution >= 4 is 5.97 Å². The number of para-hydroxylation sites is 1. The van der Waals surface area contributed by atoms with E-state index in [4.69, 9.17) is 9.47 Å². The van der Waals surface area contributed by atoms with Crippen LogP contribution in [-0.2, 0) is 9.53 Å². The molecule has 1 aromatic rings. The van der Waals surface area contributed by atoms with Crippen molar-refractivity contribution in [2.24, 2.45) is 5.92 Å². The van der Waals surface area contributed by atoms with Crippen molar-refractivity contribution in [2.75, 3.05) is 13.7 Å². The lowest BCUT2D eigenvalue weighted by atomic mass is 9.74. The lowest BCUT2D eigenvalue weighted by molar-refractivity contribution is -0.144. The molecule has 0 spiro atoms. The van der Waals surface area contributed by atoms with Gasteiger partial charge in [-0.3, -0.25) is 4.79 Å². The van der Waals surface area contributed by atoms with Crippen LogP contribution in [0.5, 0.6) is 5.75 Å². The van der Waals surface area contributed by atoms with Crippen molar-refractivity contribution in [1.29, 1.82) is 0 Å². The van der Waals surface area contributed by atoms with E-state index in [0.29, 0.717) is 24.9 Å². The average Bonchev–Trinajstić information content (AvgIpc) is 2.48. The van der Waals surface area contributed by atoms with Gasteiger partial charge in [-0.05, 0) is 43.2 Å². The molecule has 1 saturated carbocycles. The minimum Gasteiger partial charge on any atom is -0.496 e. The number of carbonyl (C=O) groups excluding carboxylic acids is 1. The van der Waals surface area contributed by atoms with Crippen molar-refractivity contribution in [3.63, 3.8) is 0 Å². The zero-order valence-electron chi connectivity index (χ0n) is 12.4. The number of benzene rings is 1. The Labute approximate surface area is 121 Å². The van der Waals surface area contributed by atoms with Gasteiger partial charge in [-0.25, -0.2) is 0 Å². The summed E-state index contributed by atoms with van der Waals surface area (Å²) in [6, 6.07) is 8.18. The van der Waals surface area contributed by atoms with Crippen LogP contribution in [0, 0.1) is 5.92 Å². The van der Waals surface area contributed by atoms with Crippen LogP contribution in [0.2, 0.25) is 0 Å². The number of esters is 1. The van der Waals surface area contributed by atoms with E-state index >= 15 is 0 Å². The monoisotopic (exact) mass is 276 g/mol. The average molecular weight is 276 g/mol. The molecular formula is C17H24O3. The Balaban J connectivity index is 2.15. The molecule has 3 nitrogen and oxygen atoms in total. The first-order valence-electron chi connectivity index (χ1n) is 7.54. The van der Waals surface area contributed by atoms with Gasteiger partial charge in [0.2, 0.25) is 0 Å². The van der Waals surface area contributed by atoms with E-state index in [9.17, 15) is 4.79 Å². The fourth-order valence-corrected chi connectivity index (χ4v) is 3.27. The molecule has 0 aliphatic heterocycles. The molecule has 0 bridgehead atoms. The fraction of sp³-hybridized carbons (Fsp3) is 0.588. The first-order valence-corrected chi connectivity index (χ1v) is 7.54. The molecule has 3 heteroatoms. The summed E-state index contributed by atoms with van der Waals surface area (Å²) in [5, 5.41) is 0. The number of hydrogen-bond acceptors (Lipinski definition) is 3. The summed E-state index contributed by atoms with van der Waals surface area (Å²) in [5.74, 6) is 1.65. The van der Waals surface area contributed by atoms with E-state index in [2.05, 4.69) is 6.07 Å². The highest BCUT2D eigenvalue weighted by Crippen LogP contribution is 2.42. The Bertz CT molecular complexity index is 442. The van der Waals surface area contributed by atoms with E-state index < -0.39 is 0 Å². The molecule has 2 atom stereocenters. The standard InChI is InChI=1S/C17H24O3/c1-3-20-17(18)12-13-8-4-5-9-14(13)15-10-6-7-11-16(15)19-2/h6-7,10-11,13-14H,3-5,8-9,12H2,1-2H3/t13-,14-/m0/s1. The molecule has 0 radical (unpaired) electrons. The molecule has 1 aliphatic rings. The van der Waals surface area contributed by atoms with Gasteiger partial charge in [0, 0.05) is 6.42 Å².